The van der Waals surface area contributed by atoms with Gasteiger partial charge in [0.15, 0.2) is 0 Å². The molecule has 1 fully saturated rings. The van der Waals surface area contributed by atoms with Gasteiger partial charge in [-0.05, 0) is 55.0 Å². The molecule has 2 aliphatic rings. The molecule has 0 unspecified atom stereocenters. The monoisotopic (exact) mass is 273 g/mol. The lowest BCUT2D eigenvalue weighted by Crippen LogP contribution is -2.24. The van der Waals surface area contributed by atoms with Crippen molar-refractivity contribution in [1.29, 1.82) is 0 Å². The fraction of sp³-hybridized carbons (Fsp3) is 0.588. The third kappa shape index (κ3) is 3.21. The second kappa shape index (κ2) is 6.40. The first-order valence-electron chi connectivity index (χ1n) is 7.82. The molecule has 1 aromatic carbocycles. The van der Waals surface area contributed by atoms with Crippen molar-refractivity contribution in [3.05, 3.63) is 34.9 Å². The van der Waals surface area contributed by atoms with Crippen LogP contribution in [-0.2, 0) is 17.7 Å². The van der Waals surface area contributed by atoms with Crippen molar-refractivity contribution in [3.63, 3.8) is 0 Å². The number of nitrogens with one attached hydrogen (secondary N) is 1. The van der Waals surface area contributed by atoms with Crippen LogP contribution in [0.4, 0.5) is 0 Å². The lowest BCUT2D eigenvalue weighted by molar-refractivity contribution is 0.0410. The fourth-order valence-electron chi connectivity index (χ4n) is 3.24. The summed E-state index contributed by atoms with van der Waals surface area (Å²) in [7, 11) is 0. The number of esters is 1. The molecule has 0 amide bonds. The largest absolute Gasteiger partial charge is 0.462 e. The van der Waals surface area contributed by atoms with E-state index in [1.807, 2.05) is 12.1 Å². The molecule has 3 heteroatoms. The van der Waals surface area contributed by atoms with Crippen molar-refractivity contribution in [1.82, 2.24) is 5.32 Å². The van der Waals surface area contributed by atoms with E-state index in [4.69, 9.17) is 4.74 Å². The highest BCUT2D eigenvalue weighted by Crippen LogP contribution is 2.24. The van der Waals surface area contributed by atoms with Crippen LogP contribution in [0.15, 0.2) is 18.2 Å². The Hall–Kier alpha value is -1.35. The van der Waals surface area contributed by atoms with Crippen molar-refractivity contribution >= 4 is 5.97 Å². The van der Waals surface area contributed by atoms with Crippen LogP contribution in [0, 0.1) is 5.92 Å². The summed E-state index contributed by atoms with van der Waals surface area (Å²) in [5.41, 5.74) is 3.29. The minimum atomic E-state index is -0.163. The van der Waals surface area contributed by atoms with Crippen LogP contribution in [0.1, 0.15) is 53.6 Å². The zero-order valence-electron chi connectivity index (χ0n) is 12.0. The normalized spacial score (nSPS) is 19.4. The molecule has 1 saturated carbocycles. The number of carbonyl (C=O) groups is 1. The molecule has 0 spiro atoms. The van der Waals surface area contributed by atoms with Crippen molar-refractivity contribution in [2.24, 2.45) is 5.92 Å². The van der Waals surface area contributed by atoms with Crippen molar-refractivity contribution in [2.75, 3.05) is 13.2 Å². The first kappa shape index (κ1) is 13.6. The number of fused-ring (bicyclic) bond motifs is 1. The molecule has 0 radical (unpaired) electrons. The maximum atomic E-state index is 12.1. The van der Waals surface area contributed by atoms with Gasteiger partial charge in [0, 0.05) is 6.54 Å². The summed E-state index contributed by atoms with van der Waals surface area (Å²) in [6, 6.07) is 5.98. The Labute approximate surface area is 120 Å². The molecule has 1 aromatic rings. The lowest BCUT2D eigenvalue weighted by Gasteiger charge is -2.21. The van der Waals surface area contributed by atoms with E-state index in [2.05, 4.69) is 11.4 Å². The SMILES string of the molecule is O=C(OCC1CCCCC1)c1ccc2c(c1)CNCC2. The van der Waals surface area contributed by atoms with Crippen molar-refractivity contribution < 1.29 is 9.53 Å². The van der Waals surface area contributed by atoms with Gasteiger partial charge < -0.3 is 10.1 Å². The van der Waals surface area contributed by atoms with Gasteiger partial charge >= 0.3 is 5.97 Å². The van der Waals surface area contributed by atoms with Gasteiger partial charge in [0.2, 0.25) is 0 Å². The summed E-state index contributed by atoms with van der Waals surface area (Å²) in [6.07, 6.45) is 7.37. The first-order chi connectivity index (χ1) is 9.83. The van der Waals surface area contributed by atoms with Gasteiger partial charge in [-0.25, -0.2) is 4.79 Å². The van der Waals surface area contributed by atoms with Crippen molar-refractivity contribution in [2.45, 2.75) is 45.1 Å². The minimum Gasteiger partial charge on any atom is -0.462 e. The molecule has 0 atom stereocenters. The number of rotatable bonds is 3. The van der Waals surface area contributed by atoms with E-state index >= 15 is 0 Å². The van der Waals surface area contributed by atoms with Gasteiger partial charge in [-0.2, -0.15) is 0 Å². The maximum Gasteiger partial charge on any atom is 0.338 e. The second-order valence-corrected chi connectivity index (χ2v) is 6.01. The van der Waals surface area contributed by atoms with Crippen LogP contribution in [0.2, 0.25) is 0 Å². The van der Waals surface area contributed by atoms with E-state index in [0.29, 0.717) is 18.1 Å². The van der Waals surface area contributed by atoms with Crippen LogP contribution in [0.3, 0.4) is 0 Å². The topological polar surface area (TPSA) is 38.3 Å². The number of hydrogen-bond acceptors (Lipinski definition) is 3. The Morgan fingerprint density at radius 3 is 2.90 bits per heavy atom. The average Bonchev–Trinajstić information content (AvgIpc) is 2.53. The third-order valence-corrected chi connectivity index (χ3v) is 4.50. The van der Waals surface area contributed by atoms with E-state index in [9.17, 15) is 4.79 Å². The molecule has 0 aromatic heterocycles. The zero-order valence-corrected chi connectivity index (χ0v) is 12.0. The number of benzene rings is 1. The summed E-state index contributed by atoms with van der Waals surface area (Å²) < 4.78 is 5.50. The summed E-state index contributed by atoms with van der Waals surface area (Å²) in [5, 5.41) is 3.34. The highest BCUT2D eigenvalue weighted by molar-refractivity contribution is 5.89. The Balaban J connectivity index is 1.59. The Morgan fingerprint density at radius 1 is 1.20 bits per heavy atom. The molecule has 3 nitrogen and oxygen atoms in total. The second-order valence-electron chi connectivity index (χ2n) is 6.01. The highest BCUT2D eigenvalue weighted by Gasteiger charge is 2.17. The van der Waals surface area contributed by atoms with E-state index in [1.54, 1.807) is 0 Å². The smallest absolute Gasteiger partial charge is 0.338 e. The van der Waals surface area contributed by atoms with Gasteiger partial charge in [-0.3, -0.25) is 0 Å². The quantitative estimate of drug-likeness (QED) is 0.860. The molecule has 1 aliphatic carbocycles. The van der Waals surface area contributed by atoms with E-state index in [1.165, 1.54) is 43.2 Å². The lowest BCUT2D eigenvalue weighted by atomic mass is 9.90. The Bertz CT molecular complexity index is 478. The zero-order chi connectivity index (χ0) is 13.8. The molecular formula is C17H23NO2. The molecule has 1 heterocycles. The van der Waals surface area contributed by atoms with Gasteiger partial charge in [-0.1, -0.05) is 25.3 Å². The third-order valence-electron chi connectivity index (χ3n) is 4.50. The van der Waals surface area contributed by atoms with Crippen molar-refractivity contribution in [3.8, 4) is 0 Å². The molecule has 0 saturated heterocycles. The Morgan fingerprint density at radius 2 is 2.05 bits per heavy atom. The standard InChI is InChI=1S/C17H23NO2/c19-17(20-12-13-4-2-1-3-5-13)15-7-6-14-8-9-18-11-16(14)10-15/h6-7,10,13,18H,1-5,8-9,11-12H2. The van der Waals surface area contributed by atoms with Crippen LogP contribution >= 0.6 is 0 Å². The number of carbonyl (C=O) groups excluding carboxylic acids is 1. The molecule has 20 heavy (non-hydrogen) atoms. The van der Waals surface area contributed by atoms with Crippen LogP contribution in [0.5, 0.6) is 0 Å². The molecule has 108 valence electrons. The first-order valence-corrected chi connectivity index (χ1v) is 7.82. The predicted molar refractivity (Wildman–Crippen MR) is 78.7 cm³/mol. The molecule has 0 bridgehead atoms. The molecular weight excluding hydrogens is 250 g/mol. The summed E-state index contributed by atoms with van der Waals surface area (Å²) in [6.45, 7) is 2.48. The van der Waals surface area contributed by atoms with Gasteiger partial charge in [0.05, 0.1) is 12.2 Å². The molecule has 3 rings (SSSR count). The van der Waals surface area contributed by atoms with Crippen LogP contribution < -0.4 is 5.32 Å². The Kier molecular flexibility index (Phi) is 4.36. The summed E-state index contributed by atoms with van der Waals surface area (Å²) in [5.74, 6) is 0.413. The van der Waals surface area contributed by atoms with E-state index in [0.717, 1.165) is 19.5 Å². The van der Waals surface area contributed by atoms with Gasteiger partial charge in [-0.15, -0.1) is 0 Å². The van der Waals surface area contributed by atoms with Gasteiger partial charge in [0.1, 0.15) is 0 Å². The molecule has 1 aliphatic heterocycles. The molecule has 1 N–H and O–H groups in total. The predicted octanol–water partition coefficient (Wildman–Crippen LogP) is 3.07. The number of ether oxygens (including phenoxy) is 1. The maximum absolute atomic E-state index is 12.1. The van der Waals surface area contributed by atoms with Gasteiger partial charge in [0.25, 0.3) is 0 Å². The van der Waals surface area contributed by atoms with Crippen LogP contribution in [-0.4, -0.2) is 19.1 Å². The number of hydrogen-bond donors (Lipinski definition) is 1. The van der Waals surface area contributed by atoms with E-state index in [-0.39, 0.29) is 5.97 Å². The summed E-state index contributed by atoms with van der Waals surface area (Å²) >= 11 is 0. The fourth-order valence-corrected chi connectivity index (χ4v) is 3.24. The van der Waals surface area contributed by atoms with E-state index < -0.39 is 0 Å². The highest BCUT2D eigenvalue weighted by atomic mass is 16.5. The van der Waals surface area contributed by atoms with Crippen LogP contribution in [0.25, 0.3) is 0 Å². The summed E-state index contributed by atoms with van der Waals surface area (Å²) in [4.78, 5) is 12.1. The minimum absolute atomic E-state index is 0.163. The average molecular weight is 273 g/mol.